The van der Waals surface area contributed by atoms with E-state index in [1.165, 1.54) is 6.07 Å². The van der Waals surface area contributed by atoms with Crippen molar-refractivity contribution < 1.29 is 13.2 Å². The number of hydrogen-bond acceptors (Lipinski definition) is 4. The number of nitrogens with one attached hydrogen (secondary N) is 3. The van der Waals surface area contributed by atoms with Crippen molar-refractivity contribution in [2.75, 3.05) is 16.6 Å². The van der Waals surface area contributed by atoms with Gasteiger partial charge >= 0.3 is 0 Å². The van der Waals surface area contributed by atoms with Gasteiger partial charge in [-0.1, -0.05) is 29.8 Å². The molecule has 3 rings (SSSR count). The van der Waals surface area contributed by atoms with Crippen molar-refractivity contribution in [1.29, 1.82) is 0 Å². The largest absolute Gasteiger partial charge is 0.325 e. The Morgan fingerprint density at radius 3 is 2.69 bits per heavy atom. The van der Waals surface area contributed by atoms with Gasteiger partial charge in [0.2, 0.25) is 5.91 Å². The van der Waals surface area contributed by atoms with Gasteiger partial charge in [0.25, 0.3) is 10.0 Å². The highest BCUT2D eigenvalue weighted by molar-refractivity contribution is 7.92. The van der Waals surface area contributed by atoms with E-state index in [-0.39, 0.29) is 16.8 Å². The van der Waals surface area contributed by atoms with E-state index in [1.807, 2.05) is 0 Å². The molecule has 2 aromatic rings. The molecular formula is C18H20ClN3O3S. The van der Waals surface area contributed by atoms with Gasteiger partial charge in [-0.3, -0.25) is 9.52 Å². The Kier molecular flexibility index (Phi) is 5.50. The van der Waals surface area contributed by atoms with Gasteiger partial charge in [0, 0.05) is 5.69 Å². The lowest BCUT2D eigenvalue weighted by Crippen LogP contribution is -2.35. The second-order valence-electron chi connectivity index (χ2n) is 6.20. The van der Waals surface area contributed by atoms with Crippen LogP contribution in [0.5, 0.6) is 0 Å². The summed E-state index contributed by atoms with van der Waals surface area (Å²) >= 11 is 6.04. The molecule has 1 aliphatic heterocycles. The van der Waals surface area contributed by atoms with Gasteiger partial charge in [0.15, 0.2) is 0 Å². The predicted octanol–water partition coefficient (Wildman–Crippen LogP) is 3.14. The lowest BCUT2D eigenvalue weighted by molar-refractivity contribution is -0.117. The van der Waals surface area contributed by atoms with Gasteiger partial charge < -0.3 is 10.6 Å². The van der Waals surface area contributed by atoms with E-state index in [9.17, 15) is 13.2 Å². The molecule has 0 aliphatic carbocycles. The molecule has 1 amide bonds. The number of carbonyl (C=O) groups is 1. The molecule has 6 nitrogen and oxygen atoms in total. The van der Waals surface area contributed by atoms with Crippen LogP contribution in [-0.4, -0.2) is 26.9 Å². The normalized spacial score (nSPS) is 17.1. The van der Waals surface area contributed by atoms with Crippen LogP contribution in [0.25, 0.3) is 0 Å². The minimum Gasteiger partial charge on any atom is -0.325 e. The van der Waals surface area contributed by atoms with Gasteiger partial charge in [-0.2, -0.15) is 0 Å². The molecule has 26 heavy (non-hydrogen) atoms. The number of rotatable bonds is 5. The average Bonchev–Trinajstić information content (AvgIpc) is 3.13. The fraction of sp³-hybridized carbons (Fsp3) is 0.278. The number of anilines is 2. The van der Waals surface area contributed by atoms with Gasteiger partial charge in [0.1, 0.15) is 0 Å². The van der Waals surface area contributed by atoms with Crippen molar-refractivity contribution in [1.82, 2.24) is 5.32 Å². The fourth-order valence-electron chi connectivity index (χ4n) is 2.85. The predicted molar refractivity (Wildman–Crippen MR) is 103 cm³/mol. The van der Waals surface area contributed by atoms with Crippen LogP contribution in [-0.2, 0) is 14.8 Å². The van der Waals surface area contributed by atoms with E-state index in [4.69, 9.17) is 11.6 Å². The molecule has 0 aromatic heterocycles. The van der Waals surface area contributed by atoms with Crippen molar-refractivity contribution in [2.24, 2.45) is 0 Å². The molecule has 3 N–H and O–H groups in total. The molecule has 0 saturated carbocycles. The summed E-state index contributed by atoms with van der Waals surface area (Å²) in [6, 6.07) is 11.2. The summed E-state index contributed by atoms with van der Waals surface area (Å²) in [4.78, 5) is 12.3. The molecular weight excluding hydrogens is 374 g/mol. The molecule has 0 spiro atoms. The Morgan fingerprint density at radius 2 is 2.00 bits per heavy atom. The molecule has 1 unspecified atom stereocenters. The van der Waals surface area contributed by atoms with Gasteiger partial charge in [0.05, 0.1) is 21.6 Å². The summed E-state index contributed by atoms with van der Waals surface area (Å²) in [6.45, 7) is 2.51. The second-order valence-corrected chi connectivity index (χ2v) is 8.26. The van der Waals surface area contributed by atoms with Crippen molar-refractivity contribution >= 4 is 38.9 Å². The maximum absolute atomic E-state index is 12.8. The summed E-state index contributed by atoms with van der Waals surface area (Å²) in [7, 11) is -3.85. The number of carbonyl (C=O) groups excluding carboxylic acids is 1. The van der Waals surface area contributed by atoms with Crippen molar-refractivity contribution in [3.63, 3.8) is 0 Å². The van der Waals surface area contributed by atoms with Crippen LogP contribution in [0.1, 0.15) is 18.4 Å². The zero-order valence-corrected chi connectivity index (χ0v) is 15.8. The Hall–Kier alpha value is -2.09. The molecule has 2 aromatic carbocycles. The number of benzene rings is 2. The minimum absolute atomic E-state index is 0.0922. The monoisotopic (exact) mass is 393 g/mol. The topological polar surface area (TPSA) is 87.3 Å². The standard InChI is InChI=1S/C18H20ClN3O3S/c1-12-8-9-13(21-18(23)16-7-4-10-20-16)11-17(12)26(24,25)22-15-6-3-2-5-14(15)19/h2-3,5-6,8-9,11,16,20,22H,4,7,10H2,1H3,(H,21,23). The van der Waals surface area contributed by atoms with Gasteiger partial charge in [-0.05, 0) is 56.1 Å². The van der Waals surface area contributed by atoms with Crippen molar-refractivity contribution in [3.8, 4) is 0 Å². The molecule has 1 atom stereocenters. The van der Waals surface area contributed by atoms with Gasteiger partial charge in [-0.15, -0.1) is 0 Å². The molecule has 8 heteroatoms. The van der Waals surface area contributed by atoms with Crippen LogP contribution in [0.3, 0.4) is 0 Å². The van der Waals surface area contributed by atoms with E-state index < -0.39 is 10.0 Å². The van der Waals surface area contributed by atoms with Gasteiger partial charge in [-0.25, -0.2) is 8.42 Å². The highest BCUT2D eigenvalue weighted by Crippen LogP contribution is 2.27. The molecule has 1 saturated heterocycles. The Labute approximate surface area is 158 Å². The number of hydrogen-bond donors (Lipinski definition) is 3. The first-order chi connectivity index (χ1) is 12.4. The van der Waals surface area contributed by atoms with Crippen LogP contribution >= 0.6 is 11.6 Å². The third-order valence-corrected chi connectivity index (χ3v) is 6.08. The third-order valence-electron chi connectivity index (χ3n) is 4.24. The maximum atomic E-state index is 12.8. The van der Waals surface area contributed by atoms with Crippen LogP contribution in [0.4, 0.5) is 11.4 Å². The average molecular weight is 394 g/mol. The van der Waals surface area contributed by atoms with Crippen LogP contribution in [0, 0.1) is 6.92 Å². The van der Waals surface area contributed by atoms with E-state index in [0.29, 0.717) is 22.0 Å². The van der Waals surface area contributed by atoms with E-state index in [2.05, 4.69) is 15.4 Å². The van der Waals surface area contributed by atoms with E-state index in [0.717, 1.165) is 19.4 Å². The smallest absolute Gasteiger partial charge is 0.262 e. The van der Waals surface area contributed by atoms with Crippen molar-refractivity contribution in [2.45, 2.75) is 30.7 Å². The quantitative estimate of drug-likeness (QED) is 0.728. The highest BCUT2D eigenvalue weighted by Gasteiger charge is 2.23. The number of aryl methyl sites for hydroxylation is 1. The van der Waals surface area contributed by atoms with Crippen LogP contribution in [0.15, 0.2) is 47.4 Å². The fourth-order valence-corrected chi connectivity index (χ4v) is 4.44. The van der Waals surface area contributed by atoms with Crippen LogP contribution in [0.2, 0.25) is 5.02 Å². The summed E-state index contributed by atoms with van der Waals surface area (Å²) in [5.74, 6) is -0.159. The first-order valence-corrected chi connectivity index (χ1v) is 10.2. The number of para-hydroxylation sites is 1. The summed E-state index contributed by atoms with van der Waals surface area (Å²) < 4.78 is 28.0. The molecule has 0 bridgehead atoms. The SMILES string of the molecule is Cc1ccc(NC(=O)C2CCCN2)cc1S(=O)(=O)Nc1ccccc1Cl. The maximum Gasteiger partial charge on any atom is 0.262 e. The molecule has 1 aliphatic rings. The molecule has 0 radical (unpaired) electrons. The molecule has 1 fully saturated rings. The Morgan fingerprint density at radius 1 is 1.23 bits per heavy atom. The van der Waals surface area contributed by atoms with Crippen molar-refractivity contribution in [3.05, 3.63) is 53.1 Å². The first kappa shape index (κ1) is 18.7. The summed E-state index contributed by atoms with van der Waals surface area (Å²) in [5, 5.41) is 6.20. The van der Waals surface area contributed by atoms with Crippen LogP contribution < -0.4 is 15.4 Å². The number of halogens is 1. The summed E-state index contributed by atoms with van der Waals surface area (Å²) in [5.41, 5.74) is 1.31. The van der Waals surface area contributed by atoms with E-state index in [1.54, 1.807) is 43.3 Å². The zero-order valence-electron chi connectivity index (χ0n) is 14.3. The lowest BCUT2D eigenvalue weighted by atomic mass is 10.2. The Bertz CT molecular complexity index is 925. The highest BCUT2D eigenvalue weighted by atomic mass is 35.5. The van der Waals surface area contributed by atoms with E-state index >= 15 is 0 Å². The second kappa shape index (κ2) is 7.65. The molecule has 1 heterocycles. The molecule has 138 valence electrons. The number of sulfonamides is 1. The zero-order chi connectivity index (χ0) is 18.7. The first-order valence-electron chi connectivity index (χ1n) is 8.29. The number of amides is 1. The Balaban J connectivity index is 1.84. The minimum atomic E-state index is -3.85. The third kappa shape index (κ3) is 4.17. The lowest BCUT2D eigenvalue weighted by Gasteiger charge is -2.15. The summed E-state index contributed by atoms with van der Waals surface area (Å²) in [6.07, 6.45) is 1.73.